The molecule has 4 nitrogen and oxygen atoms in total. The highest BCUT2D eigenvalue weighted by Gasteiger charge is 2.13. The lowest BCUT2D eigenvalue weighted by atomic mass is 10.1. The molecule has 0 spiro atoms. The largest absolute Gasteiger partial charge is 0.495 e. The fourth-order valence-corrected chi connectivity index (χ4v) is 2.62. The minimum absolute atomic E-state index is 0.496. The molecule has 1 saturated heterocycles. The van der Waals surface area contributed by atoms with E-state index in [1.165, 1.54) is 37.9 Å². The van der Waals surface area contributed by atoms with Crippen molar-refractivity contribution in [1.29, 1.82) is 0 Å². The second-order valence-electron chi connectivity index (χ2n) is 5.33. The van der Waals surface area contributed by atoms with Crippen LogP contribution in [0.15, 0.2) is 18.5 Å². The van der Waals surface area contributed by atoms with Crippen molar-refractivity contribution >= 4 is 0 Å². The predicted molar refractivity (Wildman–Crippen MR) is 77.4 cm³/mol. The number of aromatic nitrogens is 1. The number of nitrogens with zero attached hydrogens (tertiary/aromatic N) is 2. The standard InChI is InChI=1S/C15H25N3O/c1-13(12-18-8-4-3-5-9-18)17-10-14-6-7-16-11-15(14)19-2/h6-7,11,13,17H,3-5,8-10,12H2,1-2H3. The molecule has 1 fully saturated rings. The molecule has 4 heteroatoms. The van der Waals surface area contributed by atoms with Crippen molar-refractivity contribution in [2.75, 3.05) is 26.7 Å². The molecule has 1 N–H and O–H groups in total. The number of likely N-dealkylation sites (tertiary alicyclic amines) is 1. The van der Waals surface area contributed by atoms with E-state index in [1.807, 2.05) is 12.3 Å². The van der Waals surface area contributed by atoms with E-state index in [-0.39, 0.29) is 0 Å². The zero-order chi connectivity index (χ0) is 13.5. The minimum atomic E-state index is 0.496. The molecular weight excluding hydrogens is 238 g/mol. The maximum Gasteiger partial charge on any atom is 0.141 e. The van der Waals surface area contributed by atoms with Gasteiger partial charge in [0.25, 0.3) is 0 Å². The second kappa shape index (κ2) is 7.46. The molecule has 0 aliphatic carbocycles. The molecular formula is C15H25N3O. The number of piperidine rings is 1. The summed E-state index contributed by atoms with van der Waals surface area (Å²) in [6, 6.07) is 2.51. The van der Waals surface area contributed by atoms with Crippen LogP contribution in [-0.4, -0.2) is 42.7 Å². The molecule has 19 heavy (non-hydrogen) atoms. The van der Waals surface area contributed by atoms with Gasteiger partial charge in [0.2, 0.25) is 0 Å². The topological polar surface area (TPSA) is 37.4 Å². The Kier molecular flexibility index (Phi) is 5.61. The highest BCUT2D eigenvalue weighted by molar-refractivity contribution is 5.29. The van der Waals surface area contributed by atoms with Crippen molar-refractivity contribution in [3.05, 3.63) is 24.0 Å². The molecule has 0 amide bonds. The number of nitrogens with one attached hydrogen (secondary N) is 1. The van der Waals surface area contributed by atoms with Crippen LogP contribution >= 0.6 is 0 Å². The van der Waals surface area contributed by atoms with Crippen LogP contribution in [0, 0.1) is 0 Å². The zero-order valence-corrected chi connectivity index (χ0v) is 12.1. The highest BCUT2D eigenvalue weighted by Crippen LogP contribution is 2.15. The molecule has 1 atom stereocenters. The second-order valence-corrected chi connectivity index (χ2v) is 5.33. The Balaban J connectivity index is 1.77. The average molecular weight is 263 g/mol. The van der Waals surface area contributed by atoms with Gasteiger partial charge in [-0.2, -0.15) is 0 Å². The highest BCUT2D eigenvalue weighted by atomic mass is 16.5. The number of rotatable bonds is 6. The molecule has 2 rings (SSSR count). The summed E-state index contributed by atoms with van der Waals surface area (Å²) in [6.45, 7) is 6.73. The van der Waals surface area contributed by atoms with Gasteiger partial charge in [-0.05, 0) is 38.9 Å². The van der Waals surface area contributed by atoms with Gasteiger partial charge in [-0.3, -0.25) is 4.98 Å². The first-order valence-electron chi connectivity index (χ1n) is 7.22. The van der Waals surface area contributed by atoms with Crippen molar-refractivity contribution in [3.8, 4) is 5.75 Å². The first-order chi connectivity index (χ1) is 9.29. The fraction of sp³-hybridized carbons (Fsp3) is 0.667. The van der Waals surface area contributed by atoms with Crippen LogP contribution in [-0.2, 0) is 6.54 Å². The van der Waals surface area contributed by atoms with E-state index in [9.17, 15) is 0 Å². The molecule has 1 unspecified atom stereocenters. The van der Waals surface area contributed by atoms with Gasteiger partial charge < -0.3 is 15.0 Å². The lowest BCUT2D eigenvalue weighted by molar-refractivity contribution is 0.208. The predicted octanol–water partition coefficient (Wildman–Crippen LogP) is 2.05. The summed E-state index contributed by atoms with van der Waals surface area (Å²) in [6.07, 6.45) is 7.68. The Hall–Kier alpha value is -1.13. The van der Waals surface area contributed by atoms with E-state index in [1.54, 1.807) is 13.3 Å². The lowest BCUT2D eigenvalue weighted by Crippen LogP contribution is -2.41. The number of methoxy groups -OCH3 is 1. The van der Waals surface area contributed by atoms with Crippen molar-refractivity contribution in [2.24, 2.45) is 0 Å². The Morgan fingerprint density at radius 3 is 2.89 bits per heavy atom. The molecule has 106 valence electrons. The van der Waals surface area contributed by atoms with Crippen molar-refractivity contribution in [1.82, 2.24) is 15.2 Å². The molecule has 1 aliphatic rings. The van der Waals surface area contributed by atoms with Crippen molar-refractivity contribution in [2.45, 2.75) is 38.8 Å². The molecule has 1 aliphatic heterocycles. The van der Waals surface area contributed by atoms with Crippen LogP contribution in [0.1, 0.15) is 31.7 Å². The SMILES string of the molecule is COc1cnccc1CNC(C)CN1CCCCC1. The van der Waals surface area contributed by atoms with Crippen LogP contribution in [0.5, 0.6) is 5.75 Å². The maximum atomic E-state index is 5.31. The molecule has 0 saturated carbocycles. The molecule has 1 aromatic heterocycles. The Bertz CT molecular complexity index is 377. The van der Waals surface area contributed by atoms with Crippen LogP contribution in [0.25, 0.3) is 0 Å². The smallest absolute Gasteiger partial charge is 0.141 e. The summed E-state index contributed by atoms with van der Waals surface area (Å²) in [5.41, 5.74) is 1.17. The van der Waals surface area contributed by atoms with Crippen molar-refractivity contribution < 1.29 is 4.74 Å². The quantitative estimate of drug-likeness (QED) is 0.852. The molecule has 0 aromatic carbocycles. The number of ether oxygens (including phenoxy) is 1. The van der Waals surface area contributed by atoms with Crippen LogP contribution in [0.3, 0.4) is 0 Å². The summed E-state index contributed by atoms with van der Waals surface area (Å²) in [5, 5.41) is 3.57. The summed E-state index contributed by atoms with van der Waals surface area (Å²) in [5.74, 6) is 0.861. The third kappa shape index (κ3) is 4.48. The van der Waals surface area contributed by atoms with Gasteiger partial charge in [0.15, 0.2) is 0 Å². The summed E-state index contributed by atoms with van der Waals surface area (Å²) >= 11 is 0. The number of pyridine rings is 1. The molecule has 1 aromatic rings. The van der Waals surface area contributed by atoms with E-state index in [0.29, 0.717) is 6.04 Å². The summed E-state index contributed by atoms with van der Waals surface area (Å²) in [7, 11) is 1.69. The first-order valence-corrected chi connectivity index (χ1v) is 7.22. The minimum Gasteiger partial charge on any atom is -0.495 e. The van der Waals surface area contributed by atoms with E-state index >= 15 is 0 Å². The van der Waals surface area contributed by atoms with Gasteiger partial charge in [0.05, 0.1) is 13.3 Å². The van der Waals surface area contributed by atoms with Crippen LogP contribution in [0.4, 0.5) is 0 Å². The zero-order valence-electron chi connectivity index (χ0n) is 12.1. The van der Waals surface area contributed by atoms with Gasteiger partial charge in [-0.1, -0.05) is 6.42 Å². The average Bonchev–Trinajstić information content (AvgIpc) is 2.46. The third-order valence-corrected chi connectivity index (χ3v) is 3.71. The van der Waals surface area contributed by atoms with Crippen LogP contribution < -0.4 is 10.1 Å². The first kappa shape index (κ1) is 14.3. The van der Waals surface area contributed by atoms with Gasteiger partial charge in [0, 0.05) is 30.9 Å². The lowest BCUT2D eigenvalue weighted by Gasteiger charge is -2.29. The third-order valence-electron chi connectivity index (χ3n) is 3.71. The summed E-state index contributed by atoms with van der Waals surface area (Å²) in [4.78, 5) is 6.64. The van der Waals surface area contributed by atoms with Crippen molar-refractivity contribution in [3.63, 3.8) is 0 Å². The Morgan fingerprint density at radius 2 is 2.16 bits per heavy atom. The maximum absolute atomic E-state index is 5.31. The van der Waals surface area contributed by atoms with Gasteiger partial charge >= 0.3 is 0 Å². The normalized spacial score (nSPS) is 18.2. The number of hydrogen-bond donors (Lipinski definition) is 1. The Labute approximate surface area is 116 Å². The monoisotopic (exact) mass is 263 g/mol. The van der Waals surface area contributed by atoms with E-state index < -0.39 is 0 Å². The molecule has 0 bridgehead atoms. The van der Waals surface area contributed by atoms with E-state index in [0.717, 1.165) is 18.8 Å². The number of hydrogen-bond acceptors (Lipinski definition) is 4. The van der Waals surface area contributed by atoms with Gasteiger partial charge in [-0.15, -0.1) is 0 Å². The van der Waals surface area contributed by atoms with Crippen LogP contribution in [0.2, 0.25) is 0 Å². The summed E-state index contributed by atoms with van der Waals surface area (Å²) < 4.78 is 5.31. The van der Waals surface area contributed by atoms with E-state index in [2.05, 4.69) is 22.1 Å². The van der Waals surface area contributed by atoms with Gasteiger partial charge in [-0.25, -0.2) is 0 Å². The fourth-order valence-electron chi connectivity index (χ4n) is 2.62. The Morgan fingerprint density at radius 1 is 1.37 bits per heavy atom. The van der Waals surface area contributed by atoms with E-state index in [4.69, 9.17) is 4.74 Å². The molecule has 2 heterocycles. The molecule has 0 radical (unpaired) electrons. The van der Waals surface area contributed by atoms with Gasteiger partial charge in [0.1, 0.15) is 5.75 Å².